The van der Waals surface area contributed by atoms with Crippen LogP contribution < -0.4 is 10.6 Å². The average Bonchev–Trinajstić information content (AvgIpc) is 2.94. The molecule has 0 bridgehead atoms. The zero-order valence-electron chi connectivity index (χ0n) is 11.4. The third-order valence-corrected chi connectivity index (χ3v) is 3.69. The van der Waals surface area contributed by atoms with E-state index in [1.165, 1.54) is 12.1 Å². The molecule has 0 saturated carbocycles. The van der Waals surface area contributed by atoms with Crippen LogP contribution in [0.25, 0.3) is 0 Å². The van der Waals surface area contributed by atoms with Gasteiger partial charge in [0.05, 0.1) is 0 Å². The zero-order valence-corrected chi connectivity index (χ0v) is 11.4. The fourth-order valence-corrected chi connectivity index (χ4v) is 2.45. The van der Waals surface area contributed by atoms with Gasteiger partial charge in [0.15, 0.2) is 11.6 Å². The highest BCUT2D eigenvalue weighted by Gasteiger charge is 2.14. The molecule has 0 aliphatic carbocycles. The van der Waals surface area contributed by atoms with Gasteiger partial charge in [-0.15, -0.1) is 0 Å². The van der Waals surface area contributed by atoms with Crippen LogP contribution in [0.4, 0.5) is 8.78 Å². The Kier molecular flexibility index (Phi) is 5.47. The SMILES string of the molecule is O=C(CCc1cccc(F)c1F)NCCC1CCNC1. The summed E-state index contributed by atoms with van der Waals surface area (Å²) in [6.45, 7) is 2.72. The zero-order chi connectivity index (χ0) is 14.4. The van der Waals surface area contributed by atoms with E-state index >= 15 is 0 Å². The second kappa shape index (κ2) is 7.33. The van der Waals surface area contributed by atoms with E-state index in [9.17, 15) is 13.6 Å². The highest BCUT2D eigenvalue weighted by molar-refractivity contribution is 5.76. The largest absolute Gasteiger partial charge is 0.356 e. The summed E-state index contributed by atoms with van der Waals surface area (Å²) in [4.78, 5) is 11.6. The Morgan fingerprint density at radius 2 is 2.25 bits per heavy atom. The molecule has 1 aromatic rings. The number of halogens is 2. The van der Waals surface area contributed by atoms with Gasteiger partial charge in [-0.2, -0.15) is 0 Å². The number of hydrogen-bond donors (Lipinski definition) is 2. The lowest BCUT2D eigenvalue weighted by Crippen LogP contribution is -2.26. The summed E-state index contributed by atoms with van der Waals surface area (Å²) in [6.07, 6.45) is 2.53. The molecule has 0 aromatic heterocycles. The van der Waals surface area contributed by atoms with Crippen molar-refractivity contribution >= 4 is 5.91 Å². The number of carbonyl (C=O) groups is 1. The molecule has 0 radical (unpaired) electrons. The van der Waals surface area contributed by atoms with Crippen molar-refractivity contribution in [2.75, 3.05) is 19.6 Å². The van der Waals surface area contributed by atoms with Crippen LogP contribution in [0.2, 0.25) is 0 Å². The second-order valence-corrected chi connectivity index (χ2v) is 5.21. The van der Waals surface area contributed by atoms with Gasteiger partial charge in [0, 0.05) is 13.0 Å². The van der Waals surface area contributed by atoms with E-state index in [1.807, 2.05) is 0 Å². The van der Waals surface area contributed by atoms with Crippen molar-refractivity contribution in [2.24, 2.45) is 5.92 Å². The molecule has 1 aliphatic heterocycles. The number of rotatable bonds is 6. The maximum Gasteiger partial charge on any atom is 0.220 e. The fraction of sp³-hybridized carbons (Fsp3) is 0.533. The van der Waals surface area contributed by atoms with Gasteiger partial charge in [-0.05, 0) is 49.9 Å². The molecule has 110 valence electrons. The second-order valence-electron chi connectivity index (χ2n) is 5.21. The number of hydrogen-bond acceptors (Lipinski definition) is 2. The minimum absolute atomic E-state index is 0.111. The smallest absolute Gasteiger partial charge is 0.220 e. The number of aryl methyl sites for hydroxylation is 1. The van der Waals surface area contributed by atoms with E-state index in [1.54, 1.807) is 0 Å². The van der Waals surface area contributed by atoms with Crippen LogP contribution in [0.1, 0.15) is 24.8 Å². The van der Waals surface area contributed by atoms with Gasteiger partial charge in [0.2, 0.25) is 5.91 Å². The summed E-state index contributed by atoms with van der Waals surface area (Å²) in [5.41, 5.74) is 0.250. The molecule has 20 heavy (non-hydrogen) atoms. The normalized spacial score (nSPS) is 18.2. The summed E-state index contributed by atoms with van der Waals surface area (Å²) in [5, 5.41) is 6.11. The molecule has 1 atom stereocenters. The minimum Gasteiger partial charge on any atom is -0.356 e. The van der Waals surface area contributed by atoms with E-state index in [2.05, 4.69) is 10.6 Å². The number of benzene rings is 1. The molecule has 1 amide bonds. The van der Waals surface area contributed by atoms with E-state index in [0.29, 0.717) is 12.5 Å². The van der Waals surface area contributed by atoms with Crippen molar-refractivity contribution < 1.29 is 13.6 Å². The van der Waals surface area contributed by atoms with Crippen molar-refractivity contribution in [3.8, 4) is 0 Å². The Bertz CT molecular complexity index is 459. The molecular formula is C15H20F2N2O. The first-order valence-electron chi connectivity index (χ1n) is 7.07. The van der Waals surface area contributed by atoms with Gasteiger partial charge in [0.1, 0.15) is 0 Å². The van der Waals surface area contributed by atoms with Gasteiger partial charge in [-0.3, -0.25) is 4.79 Å². The van der Waals surface area contributed by atoms with Crippen LogP contribution in [0, 0.1) is 17.6 Å². The predicted molar refractivity (Wildman–Crippen MR) is 73.3 cm³/mol. The predicted octanol–water partition coefficient (Wildman–Crippen LogP) is 2.01. The lowest BCUT2D eigenvalue weighted by Gasteiger charge is -2.09. The topological polar surface area (TPSA) is 41.1 Å². The molecule has 1 fully saturated rings. The summed E-state index contributed by atoms with van der Waals surface area (Å²) < 4.78 is 26.4. The van der Waals surface area contributed by atoms with Crippen molar-refractivity contribution in [3.05, 3.63) is 35.4 Å². The minimum atomic E-state index is -0.864. The maximum absolute atomic E-state index is 13.4. The molecule has 1 aromatic carbocycles. The van der Waals surface area contributed by atoms with Crippen molar-refractivity contribution in [1.82, 2.24) is 10.6 Å². The first kappa shape index (κ1) is 14.9. The quantitative estimate of drug-likeness (QED) is 0.838. The van der Waals surface area contributed by atoms with Gasteiger partial charge in [-0.25, -0.2) is 8.78 Å². The van der Waals surface area contributed by atoms with E-state index in [4.69, 9.17) is 0 Å². The lowest BCUT2D eigenvalue weighted by atomic mass is 10.1. The van der Waals surface area contributed by atoms with E-state index in [-0.39, 0.29) is 24.3 Å². The standard InChI is InChI=1S/C15H20F2N2O/c16-13-3-1-2-12(15(13)17)4-5-14(20)19-9-7-11-6-8-18-10-11/h1-3,11,18H,4-10H2,(H,19,20). The Morgan fingerprint density at radius 3 is 3.00 bits per heavy atom. The summed E-state index contributed by atoms with van der Waals surface area (Å²) in [7, 11) is 0. The summed E-state index contributed by atoms with van der Waals surface area (Å²) in [5.74, 6) is -1.19. The Labute approximate surface area is 117 Å². The Hall–Kier alpha value is -1.49. The van der Waals surface area contributed by atoms with Gasteiger partial charge in [-0.1, -0.05) is 12.1 Å². The van der Waals surface area contributed by atoms with Crippen LogP contribution >= 0.6 is 0 Å². The Balaban J connectivity index is 1.68. The molecule has 2 N–H and O–H groups in total. The molecule has 1 aliphatic rings. The first-order valence-corrected chi connectivity index (χ1v) is 7.07. The highest BCUT2D eigenvalue weighted by Crippen LogP contribution is 2.13. The van der Waals surface area contributed by atoms with Gasteiger partial charge in [0.25, 0.3) is 0 Å². The molecule has 2 rings (SSSR count). The van der Waals surface area contributed by atoms with Crippen molar-refractivity contribution in [1.29, 1.82) is 0 Å². The molecule has 1 heterocycles. The number of carbonyl (C=O) groups excluding carboxylic acids is 1. The average molecular weight is 282 g/mol. The van der Waals surface area contributed by atoms with Crippen molar-refractivity contribution in [3.63, 3.8) is 0 Å². The molecule has 0 spiro atoms. The van der Waals surface area contributed by atoms with E-state index < -0.39 is 11.6 Å². The van der Waals surface area contributed by atoms with Crippen molar-refractivity contribution in [2.45, 2.75) is 25.7 Å². The van der Waals surface area contributed by atoms with Crippen LogP contribution in [-0.4, -0.2) is 25.5 Å². The fourth-order valence-electron chi connectivity index (χ4n) is 2.45. The van der Waals surface area contributed by atoms with Crippen LogP contribution in [0.15, 0.2) is 18.2 Å². The van der Waals surface area contributed by atoms with Crippen LogP contribution in [-0.2, 0) is 11.2 Å². The Morgan fingerprint density at radius 1 is 1.40 bits per heavy atom. The highest BCUT2D eigenvalue weighted by atomic mass is 19.2. The van der Waals surface area contributed by atoms with Crippen LogP contribution in [0.3, 0.4) is 0 Å². The van der Waals surface area contributed by atoms with Crippen LogP contribution in [0.5, 0.6) is 0 Å². The summed E-state index contributed by atoms with van der Waals surface area (Å²) in [6, 6.07) is 4.04. The molecular weight excluding hydrogens is 262 g/mol. The number of nitrogens with one attached hydrogen (secondary N) is 2. The van der Waals surface area contributed by atoms with E-state index in [0.717, 1.165) is 32.0 Å². The molecule has 1 saturated heterocycles. The lowest BCUT2D eigenvalue weighted by molar-refractivity contribution is -0.121. The van der Waals surface area contributed by atoms with Gasteiger partial charge < -0.3 is 10.6 Å². The monoisotopic (exact) mass is 282 g/mol. The molecule has 1 unspecified atom stereocenters. The third kappa shape index (κ3) is 4.27. The maximum atomic E-state index is 13.4. The number of amides is 1. The summed E-state index contributed by atoms with van der Waals surface area (Å²) >= 11 is 0. The molecule has 5 heteroatoms. The first-order chi connectivity index (χ1) is 9.66. The molecule has 3 nitrogen and oxygen atoms in total. The van der Waals surface area contributed by atoms with Gasteiger partial charge >= 0.3 is 0 Å². The third-order valence-electron chi connectivity index (χ3n) is 3.69.